The highest BCUT2D eigenvalue weighted by Gasteiger charge is 2.34. The third kappa shape index (κ3) is 2.66. The molecule has 4 rings (SSSR count). The zero-order valence-electron chi connectivity index (χ0n) is 14.4. The molecule has 1 aliphatic rings. The third-order valence-corrected chi connectivity index (χ3v) is 5.35. The van der Waals surface area contributed by atoms with Crippen LogP contribution in [0.15, 0.2) is 16.7 Å². The minimum atomic E-state index is -0.119. The van der Waals surface area contributed by atoms with Gasteiger partial charge in [0, 0.05) is 12.1 Å². The first-order valence-corrected chi connectivity index (χ1v) is 9.01. The van der Waals surface area contributed by atoms with Crippen LogP contribution in [0, 0.1) is 20.8 Å². The molecule has 1 aliphatic heterocycles. The molecule has 7 nitrogen and oxygen atoms in total. The van der Waals surface area contributed by atoms with E-state index in [1.165, 1.54) is 0 Å². The lowest BCUT2D eigenvalue weighted by Gasteiger charge is -2.25. The van der Waals surface area contributed by atoms with Crippen molar-refractivity contribution in [1.29, 1.82) is 0 Å². The van der Waals surface area contributed by atoms with E-state index in [4.69, 9.17) is 4.52 Å². The number of nitrogens with one attached hydrogen (secondary N) is 1. The summed E-state index contributed by atoms with van der Waals surface area (Å²) in [7, 11) is 0. The molecule has 3 aromatic rings. The summed E-state index contributed by atoms with van der Waals surface area (Å²) in [6, 6.07) is 3.76. The van der Waals surface area contributed by atoms with Gasteiger partial charge in [-0.2, -0.15) is 8.75 Å². The van der Waals surface area contributed by atoms with Gasteiger partial charge >= 0.3 is 6.03 Å². The number of urea groups is 1. The Hall–Kier alpha value is -2.48. The monoisotopic (exact) mass is 357 g/mol. The Morgan fingerprint density at radius 1 is 1.32 bits per heavy atom. The fourth-order valence-corrected chi connectivity index (χ4v) is 4.11. The van der Waals surface area contributed by atoms with E-state index in [-0.39, 0.29) is 12.1 Å². The molecular formula is C17H19N5O2S. The highest BCUT2D eigenvalue weighted by molar-refractivity contribution is 7.00. The number of anilines is 1. The number of hydrogen-bond donors (Lipinski definition) is 1. The number of fused-ring (bicyclic) bond motifs is 1. The zero-order chi connectivity index (χ0) is 17.6. The van der Waals surface area contributed by atoms with Crippen LogP contribution >= 0.6 is 11.7 Å². The molecule has 1 saturated heterocycles. The molecule has 0 radical (unpaired) electrons. The van der Waals surface area contributed by atoms with Crippen molar-refractivity contribution in [3.8, 4) is 0 Å². The van der Waals surface area contributed by atoms with Crippen molar-refractivity contribution in [2.24, 2.45) is 0 Å². The molecule has 25 heavy (non-hydrogen) atoms. The summed E-state index contributed by atoms with van der Waals surface area (Å²) in [6.45, 7) is 6.50. The van der Waals surface area contributed by atoms with Crippen molar-refractivity contribution in [2.75, 3.05) is 11.9 Å². The third-order valence-electron chi connectivity index (χ3n) is 4.80. The van der Waals surface area contributed by atoms with E-state index >= 15 is 0 Å². The van der Waals surface area contributed by atoms with Gasteiger partial charge in [0.2, 0.25) is 0 Å². The van der Waals surface area contributed by atoms with Crippen LogP contribution in [0.1, 0.15) is 41.5 Å². The molecule has 1 unspecified atom stereocenters. The van der Waals surface area contributed by atoms with Crippen LogP contribution in [0.25, 0.3) is 11.0 Å². The van der Waals surface area contributed by atoms with E-state index in [0.29, 0.717) is 6.54 Å². The number of carbonyl (C=O) groups excluding carboxylic acids is 1. The maximum atomic E-state index is 13.0. The van der Waals surface area contributed by atoms with E-state index in [1.54, 1.807) is 0 Å². The average Bonchev–Trinajstić information content (AvgIpc) is 3.30. The summed E-state index contributed by atoms with van der Waals surface area (Å²) >= 11 is 1.15. The minimum Gasteiger partial charge on any atom is -0.361 e. The first-order valence-electron chi connectivity index (χ1n) is 8.28. The summed E-state index contributed by atoms with van der Waals surface area (Å²) < 4.78 is 13.9. The molecule has 2 aromatic heterocycles. The molecule has 2 amide bonds. The highest BCUT2D eigenvalue weighted by atomic mass is 32.1. The van der Waals surface area contributed by atoms with Gasteiger partial charge in [0.1, 0.15) is 16.8 Å². The van der Waals surface area contributed by atoms with Crippen molar-refractivity contribution < 1.29 is 9.32 Å². The van der Waals surface area contributed by atoms with Gasteiger partial charge in [0.05, 0.1) is 29.2 Å². The number of benzene rings is 1. The number of aryl methyl sites for hydroxylation is 3. The van der Waals surface area contributed by atoms with Gasteiger partial charge in [-0.25, -0.2) is 4.79 Å². The largest absolute Gasteiger partial charge is 0.361 e. The molecule has 1 aromatic carbocycles. The van der Waals surface area contributed by atoms with Crippen LogP contribution in [-0.4, -0.2) is 31.4 Å². The fraction of sp³-hybridized carbons (Fsp3) is 0.412. The van der Waals surface area contributed by atoms with Crippen molar-refractivity contribution in [3.63, 3.8) is 0 Å². The molecule has 0 spiro atoms. The van der Waals surface area contributed by atoms with Gasteiger partial charge in [0.15, 0.2) is 0 Å². The number of likely N-dealkylation sites (tertiary alicyclic amines) is 1. The van der Waals surface area contributed by atoms with E-state index < -0.39 is 0 Å². The van der Waals surface area contributed by atoms with Crippen LogP contribution in [0.5, 0.6) is 0 Å². The second-order valence-electron chi connectivity index (χ2n) is 6.41. The van der Waals surface area contributed by atoms with Crippen LogP contribution in [0.2, 0.25) is 0 Å². The first-order chi connectivity index (χ1) is 12.1. The fourth-order valence-electron chi connectivity index (χ4n) is 3.56. The van der Waals surface area contributed by atoms with Gasteiger partial charge < -0.3 is 14.7 Å². The van der Waals surface area contributed by atoms with Crippen LogP contribution in [0.3, 0.4) is 0 Å². The predicted octanol–water partition coefficient (Wildman–Crippen LogP) is 3.97. The summed E-state index contributed by atoms with van der Waals surface area (Å²) in [4.78, 5) is 14.8. The smallest absolute Gasteiger partial charge is 0.322 e. The van der Waals surface area contributed by atoms with Gasteiger partial charge in [-0.05, 0) is 45.2 Å². The van der Waals surface area contributed by atoms with Crippen molar-refractivity contribution in [3.05, 3.63) is 34.7 Å². The van der Waals surface area contributed by atoms with E-state index in [9.17, 15) is 4.79 Å². The summed E-state index contributed by atoms with van der Waals surface area (Å²) in [5.74, 6) is 0.782. The summed E-state index contributed by atoms with van der Waals surface area (Å²) in [5, 5.41) is 7.09. The van der Waals surface area contributed by atoms with E-state index in [0.717, 1.165) is 63.9 Å². The lowest BCUT2D eigenvalue weighted by atomic mass is 10.0. The number of nitrogens with zero attached hydrogens (tertiary/aromatic N) is 4. The molecule has 0 saturated carbocycles. The molecule has 1 fully saturated rings. The number of rotatable bonds is 2. The molecule has 0 aliphatic carbocycles. The van der Waals surface area contributed by atoms with Crippen LogP contribution in [-0.2, 0) is 0 Å². The van der Waals surface area contributed by atoms with Crippen molar-refractivity contribution in [1.82, 2.24) is 18.8 Å². The SMILES string of the molecule is Cc1ccc2nsnc2c1NC(=O)N1CCCC1c1c(C)noc1C. The standard InChI is InChI=1S/C17H19N5O2S/c1-9-6-7-12-16(21-25-20-12)15(9)18-17(23)22-8-4-5-13(22)14-10(2)19-24-11(14)3/h6-7,13H,4-5,8H2,1-3H3,(H,18,23). The Morgan fingerprint density at radius 3 is 2.92 bits per heavy atom. The van der Waals surface area contributed by atoms with Crippen LogP contribution in [0.4, 0.5) is 10.5 Å². The van der Waals surface area contributed by atoms with Crippen molar-refractivity contribution >= 4 is 34.5 Å². The molecule has 130 valence electrons. The van der Waals surface area contributed by atoms with Crippen LogP contribution < -0.4 is 5.32 Å². The molecule has 8 heteroatoms. The average molecular weight is 357 g/mol. The lowest BCUT2D eigenvalue weighted by molar-refractivity contribution is 0.206. The second kappa shape index (κ2) is 6.11. The van der Waals surface area contributed by atoms with Gasteiger partial charge in [-0.1, -0.05) is 11.2 Å². The van der Waals surface area contributed by atoms with Crippen molar-refractivity contribution in [2.45, 2.75) is 39.7 Å². The molecule has 3 heterocycles. The second-order valence-corrected chi connectivity index (χ2v) is 6.94. The molecule has 1 atom stereocenters. The number of amides is 2. The molecule has 1 N–H and O–H groups in total. The van der Waals surface area contributed by atoms with Gasteiger partial charge in [-0.3, -0.25) is 0 Å². The van der Waals surface area contributed by atoms with E-state index in [1.807, 2.05) is 37.8 Å². The minimum absolute atomic E-state index is 0.000631. The number of hydrogen-bond acceptors (Lipinski definition) is 6. The maximum absolute atomic E-state index is 13.0. The Bertz CT molecular complexity index is 928. The Balaban J connectivity index is 1.64. The first kappa shape index (κ1) is 16.0. The Morgan fingerprint density at radius 2 is 2.16 bits per heavy atom. The summed E-state index contributed by atoms with van der Waals surface area (Å²) in [5.41, 5.74) is 5.13. The maximum Gasteiger partial charge on any atom is 0.322 e. The van der Waals surface area contributed by atoms with Gasteiger partial charge in [-0.15, -0.1) is 0 Å². The van der Waals surface area contributed by atoms with E-state index in [2.05, 4.69) is 19.2 Å². The topological polar surface area (TPSA) is 84.2 Å². The Labute approximate surface area is 149 Å². The predicted molar refractivity (Wildman–Crippen MR) is 95.8 cm³/mol. The summed E-state index contributed by atoms with van der Waals surface area (Å²) in [6.07, 6.45) is 1.88. The number of aromatic nitrogens is 3. The lowest BCUT2D eigenvalue weighted by Crippen LogP contribution is -2.35. The quantitative estimate of drug-likeness (QED) is 0.750. The zero-order valence-corrected chi connectivity index (χ0v) is 15.2. The normalized spacial score (nSPS) is 17.4. The number of carbonyl (C=O) groups is 1. The van der Waals surface area contributed by atoms with Gasteiger partial charge in [0.25, 0.3) is 0 Å². The highest BCUT2D eigenvalue weighted by Crippen LogP contribution is 2.36. The molecule has 0 bridgehead atoms. The Kier molecular flexibility index (Phi) is 3.91. The molecular weight excluding hydrogens is 338 g/mol.